The Bertz CT molecular complexity index is 761. The summed E-state index contributed by atoms with van der Waals surface area (Å²) in [4.78, 5) is 26.0. The van der Waals surface area contributed by atoms with Gasteiger partial charge < -0.3 is 10.2 Å². The third-order valence-electron chi connectivity index (χ3n) is 3.98. The molecule has 1 N–H and O–H groups in total. The van der Waals surface area contributed by atoms with Crippen molar-refractivity contribution in [3.05, 3.63) is 46.2 Å². The van der Waals surface area contributed by atoms with Gasteiger partial charge in [-0.05, 0) is 36.2 Å². The van der Waals surface area contributed by atoms with Gasteiger partial charge in [0.2, 0.25) is 5.91 Å². The van der Waals surface area contributed by atoms with Crippen LogP contribution in [-0.4, -0.2) is 46.2 Å². The van der Waals surface area contributed by atoms with Crippen molar-refractivity contribution in [1.82, 2.24) is 20.5 Å². The third-order valence-corrected chi connectivity index (χ3v) is 4.21. The zero-order chi connectivity index (χ0) is 17.1. The summed E-state index contributed by atoms with van der Waals surface area (Å²) in [5.74, 6) is -0.347. The van der Waals surface area contributed by atoms with Crippen molar-refractivity contribution < 1.29 is 14.2 Å². The molecule has 0 bridgehead atoms. The number of carbonyl (C=O) groups excluding carboxylic acids is 2. The van der Waals surface area contributed by atoms with Gasteiger partial charge in [0.05, 0.1) is 6.04 Å². The van der Waals surface area contributed by atoms with Crippen molar-refractivity contribution in [2.75, 3.05) is 13.1 Å². The van der Waals surface area contributed by atoms with Gasteiger partial charge in [0, 0.05) is 24.5 Å². The van der Waals surface area contributed by atoms with Crippen molar-refractivity contribution in [2.45, 2.75) is 25.8 Å². The molecular formula is C16H17ClN4O3. The molecular weight excluding hydrogens is 332 g/mol. The number of aryl methyl sites for hydroxylation is 1. The van der Waals surface area contributed by atoms with Gasteiger partial charge in [0.25, 0.3) is 5.91 Å². The Balaban J connectivity index is 1.54. The maximum absolute atomic E-state index is 12.1. The maximum Gasteiger partial charge on any atom is 0.275 e. The summed E-state index contributed by atoms with van der Waals surface area (Å²) in [6.07, 6.45) is 1.00. The molecule has 0 aliphatic carbocycles. The van der Waals surface area contributed by atoms with Crippen LogP contribution in [0.4, 0.5) is 0 Å². The SMILES string of the molecule is Cc1nonc1C(=O)N[C@H]1CC(=O)N(CCc2cccc(Cl)c2)C1. The van der Waals surface area contributed by atoms with Crippen LogP contribution >= 0.6 is 11.6 Å². The van der Waals surface area contributed by atoms with Crippen molar-refractivity contribution in [3.63, 3.8) is 0 Å². The fourth-order valence-corrected chi connectivity index (χ4v) is 2.95. The molecule has 1 saturated heterocycles. The van der Waals surface area contributed by atoms with E-state index in [4.69, 9.17) is 11.6 Å². The molecule has 0 spiro atoms. The minimum Gasteiger partial charge on any atom is -0.345 e. The number of nitrogens with zero attached hydrogens (tertiary/aromatic N) is 3. The summed E-state index contributed by atoms with van der Waals surface area (Å²) in [6, 6.07) is 7.34. The third kappa shape index (κ3) is 3.73. The van der Waals surface area contributed by atoms with E-state index in [9.17, 15) is 9.59 Å². The molecule has 0 radical (unpaired) electrons. The molecule has 0 saturated carbocycles. The number of likely N-dealkylation sites (tertiary alicyclic amines) is 1. The van der Waals surface area contributed by atoms with Gasteiger partial charge in [0.1, 0.15) is 5.69 Å². The number of rotatable bonds is 5. The molecule has 2 heterocycles. The molecule has 1 atom stereocenters. The Morgan fingerprint density at radius 1 is 1.46 bits per heavy atom. The van der Waals surface area contributed by atoms with Crippen LogP contribution in [0.3, 0.4) is 0 Å². The molecule has 8 heteroatoms. The number of aromatic nitrogens is 2. The number of nitrogens with one attached hydrogen (secondary N) is 1. The number of hydrogen-bond acceptors (Lipinski definition) is 5. The van der Waals surface area contributed by atoms with Crippen LogP contribution in [0.15, 0.2) is 28.9 Å². The molecule has 7 nitrogen and oxygen atoms in total. The van der Waals surface area contributed by atoms with Crippen LogP contribution in [0, 0.1) is 6.92 Å². The van der Waals surface area contributed by atoms with Gasteiger partial charge >= 0.3 is 0 Å². The molecule has 2 amide bonds. The van der Waals surface area contributed by atoms with Gasteiger partial charge in [-0.1, -0.05) is 28.9 Å². The molecule has 3 rings (SSSR count). The standard InChI is InChI=1S/C16H17ClN4O3/c1-10-15(20-24-19-10)16(23)18-13-8-14(22)21(9-13)6-5-11-3-2-4-12(17)7-11/h2-4,7,13H,5-6,8-9H2,1H3,(H,18,23)/t13-/m0/s1. The topological polar surface area (TPSA) is 88.3 Å². The molecule has 1 fully saturated rings. The number of halogens is 1. The van der Waals surface area contributed by atoms with Crippen molar-refractivity contribution in [1.29, 1.82) is 0 Å². The Hall–Kier alpha value is -2.41. The fourth-order valence-electron chi connectivity index (χ4n) is 2.73. The molecule has 24 heavy (non-hydrogen) atoms. The van der Waals surface area contributed by atoms with E-state index in [1.54, 1.807) is 11.8 Å². The van der Waals surface area contributed by atoms with E-state index in [0.29, 0.717) is 23.8 Å². The van der Waals surface area contributed by atoms with Gasteiger partial charge in [-0.25, -0.2) is 4.63 Å². The lowest BCUT2D eigenvalue weighted by Crippen LogP contribution is -2.38. The minimum atomic E-state index is -0.372. The highest BCUT2D eigenvalue weighted by atomic mass is 35.5. The number of benzene rings is 1. The van der Waals surface area contributed by atoms with Crippen molar-refractivity contribution in [3.8, 4) is 0 Å². The highest BCUT2D eigenvalue weighted by molar-refractivity contribution is 6.30. The molecule has 1 aliphatic heterocycles. The summed E-state index contributed by atoms with van der Waals surface area (Å²) in [7, 11) is 0. The highest BCUT2D eigenvalue weighted by Gasteiger charge is 2.31. The summed E-state index contributed by atoms with van der Waals surface area (Å²) in [5, 5.41) is 10.6. The number of hydrogen-bond donors (Lipinski definition) is 1. The van der Waals surface area contributed by atoms with Crippen LogP contribution in [-0.2, 0) is 11.2 Å². The monoisotopic (exact) mass is 348 g/mol. The lowest BCUT2D eigenvalue weighted by molar-refractivity contribution is -0.127. The molecule has 126 valence electrons. The normalized spacial score (nSPS) is 17.3. The second-order valence-electron chi connectivity index (χ2n) is 5.79. The number of carbonyl (C=O) groups is 2. The highest BCUT2D eigenvalue weighted by Crippen LogP contribution is 2.15. The largest absolute Gasteiger partial charge is 0.345 e. The maximum atomic E-state index is 12.1. The van der Waals surface area contributed by atoms with Gasteiger partial charge in [-0.3, -0.25) is 9.59 Å². The molecule has 1 aromatic carbocycles. The summed E-state index contributed by atoms with van der Waals surface area (Å²) >= 11 is 5.96. The Kier molecular flexibility index (Phi) is 4.80. The van der Waals surface area contributed by atoms with E-state index < -0.39 is 0 Å². The quantitative estimate of drug-likeness (QED) is 0.886. The van der Waals surface area contributed by atoms with Gasteiger partial charge in [-0.2, -0.15) is 0 Å². The summed E-state index contributed by atoms with van der Waals surface area (Å²) in [5.41, 5.74) is 1.65. The van der Waals surface area contributed by atoms with Gasteiger partial charge in [0.15, 0.2) is 5.69 Å². The fraction of sp³-hybridized carbons (Fsp3) is 0.375. The van der Waals surface area contributed by atoms with Gasteiger partial charge in [-0.15, -0.1) is 0 Å². The molecule has 1 aromatic heterocycles. The van der Waals surface area contributed by atoms with E-state index in [-0.39, 0.29) is 30.0 Å². The zero-order valence-corrected chi connectivity index (χ0v) is 13.9. The second kappa shape index (κ2) is 7.00. The van der Waals surface area contributed by atoms with Crippen molar-refractivity contribution in [2.24, 2.45) is 0 Å². The average molecular weight is 349 g/mol. The number of amides is 2. The molecule has 0 unspecified atom stereocenters. The second-order valence-corrected chi connectivity index (χ2v) is 6.23. The zero-order valence-electron chi connectivity index (χ0n) is 13.2. The van der Waals surface area contributed by atoms with E-state index in [1.165, 1.54) is 0 Å². The average Bonchev–Trinajstić information content (AvgIpc) is 3.11. The van der Waals surface area contributed by atoms with Crippen molar-refractivity contribution >= 4 is 23.4 Å². The Labute approximate surface area is 143 Å². The smallest absolute Gasteiger partial charge is 0.275 e. The molecule has 2 aromatic rings. The van der Waals surface area contributed by atoms with E-state index in [2.05, 4.69) is 20.3 Å². The first-order chi connectivity index (χ1) is 11.5. The predicted octanol–water partition coefficient (Wildman–Crippen LogP) is 1.60. The van der Waals surface area contributed by atoms with Crippen LogP contribution < -0.4 is 5.32 Å². The Morgan fingerprint density at radius 2 is 2.29 bits per heavy atom. The summed E-state index contributed by atoms with van der Waals surface area (Å²) < 4.78 is 4.52. The predicted molar refractivity (Wildman–Crippen MR) is 86.6 cm³/mol. The Morgan fingerprint density at radius 3 is 3.00 bits per heavy atom. The van der Waals surface area contributed by atoms with E-state index in [1.807, 2.05) is 24.3 Å². The van der Waals surface area contributed by atoms with Crippen LogP contribution in [0.5, 0.6) is 0 Å². The van der Waals surface area contributed by atoms with Crippen LogP contribution in [0.2, 0.25) is 5.02 Å². The molecule has 1 aliphatic rings. The van der Waals surface area contributed by atoms with E-state index in [0.717, 1.165) is 12.0 Å². The lowest BCUT2D eigenvalue weighted by atomic mass is 10.1. The van der Waals surface area contributed by atoms with Crippen LogP contribution in [0.1, 0.15) is 28.2 Å². The first-order valence-corrected chi connectivity index (χ1v) is 8.03. The minimum absolute atomic E-state index is 0.0253. The summed E-state index contributed by atoms with van der Waals surface area (Å²) in [6.45, 7) is 2.72. The first-order valence-electron chi connectivity index (χ1n) is 7.65. The van der Waals surface area contributed by atoms with E-state index >= 15 is 0 Å². The lowest BCUT2D eigenvalue weighted by Gasteiger charge is -2.17. The first kappa shape index (κ1) is 16.4. The van der Waals surface area contributed by atoms with Crippen LogP contribution in [0.25, 0.3) is 0 Å².